The monoisotopic (exact) mass is 387 g/mol. The first-order chi connectivity index (χ1) is 12.2. The Morgan fingerprint density at radius 2 is 1.40 bits per heavy atom. The molecule has 0 atom stereocenters. The summed E-state index contributed by atoms with van der Waals surface area (Å²) in [5.41, 5.74) is 0. The Morgan fingerprint density at radius 1 is 0.840 bits per heavy atom. The second kappa shape index (κ2) is 13.5. The molecule has 1 aliphatic carbocycles. The van der Waals surface area contributed by atoms with E-state index in [0.29, 0.717) is 0 Å². The van der Waals surface area contributed by atoms with Crippen molar-refractivity contribution in [3.8, 4) is 0 Å². The third-order valence-electron chi connectivity index (χ3n) is 6.39. The fraction of sp³-hybridized carbons (Fsp3) is 1.00. The summed E-state index contributed by atoms with van der Waals surface area (Å²) in [6, 6.07) is 6.33. The highest BCUT2D eigenvalue weighted by molar-refractivity contribution is 6.77. The summed E-state index contributed by atoms with van der Waals surface area (Å²) in [6.45, 7) is 14.5. The molecule has 1 fully saturated rings. The van der Waals surface area contributed by atoms with E-state index in [-0.39, 0.29) is 0 Å². The quantitative estimate of drug-likeness (QED) is 0.282. The van der Waals surface area contributed by atoms with E-state index in [2.05, 4.69) is 39.2 Å². The molecule has 0 aliphatic heterocycles. The van der Waals surface area contributed by atoms with Crippen LogP contribution in [0, 0.1) is 0 Å². The van der Waals surface area contributed by atoms with Crippen LogP contribution in [0.4, 0.5) is 0 Å². The molecule has 25 heavy (non-hydrogen) atoms. The number of hydrogen-bond acceptors (Lipinski definition) is 3. The molecule has 0 aromatic heterocycles. The lowest BCUT2D eigenvalue weighted by atomic mass is 9.95. The molecule has 1 saturated carbocycles. The first-order valence-electron chi connectivity index (χ1n) is 11.2. The highest BCUT2D eigenvalue weighted by Crippen LogP contribution is 2.33. The van der Waals surface area contributed by atoms with Crippen LogP contribution >= 0.6 is 0 Å². The summed E-state index contributed by atoms with van der Waals surface area (Å²) in [4.78, 5) is 0. The van der Waals surface area contributed by atoms with E-state index in [4.69, 9.17) is 8.85 Å². The molecule has 5 heteroatoms. The van der Waals surface area contributed by atoms with E-state index < -0.39 is 17.5 Å². The van der Waals surface area contributed by atoms with Crippen LogP contribution < -0.4 is 0 Å². The van der Waals surface area contributed by atoms with E-state index in [0.717, 1.165) is 19.3 Å². The van der Waals surface area contributed by atoms with Crippen molar-refractivity contribution >= 4 is 17.5 Å². The van der Waals surface area contributed by atoms with Crippen molar-refractivity contribution < 1.29 is 8.85 Å². The van der Waals surface area contributed by atoms with Crippen LogP contribution in [0.25, 0.3) is 0 Å². The van der Waals surface area contributed by atoms with Crippen molar-refractivity contribution in [1.29, 1.82) is 0 Å². The van der Waals surface area contributed by atoms with Crippen LogP contribution in [0.1, 0.15) is 79.6 Å². The van der Waals surface area contributed by atoms with Crippen molar-refractivity contribution in [2.24, 2.45) is 0 Å². The van der Waals surface area contributed by atoms with Gasteiger partial charge in [-0.2, -0.15) is 0 Å². The van der Waals surface area contributed by atoms with Gasteiger partial charge in [0.2, 0.25) is 0 Å². The van der Waals surface area contributed by atoms with Crippen molar-refractivity contribution in [1.82, 2.24) is 4.57 Å². The second-order valence-corrected chi connectivity index (χ2v) is 14.9. The van der Waals surface area contributed by atoms with Gasteiger partial charge >= 0.3 is 9.28 Å². The zero-order valence-electron chi connectivity index (χ0n) is 17.8. The average molecular weight is 388 g/mol. The van der Waals surface area contributed by atoms with Gasteiger partial charge in [0.15, 0.2) is 0 Å². The van der Waals surface area contributed by atoms with Crippen molar-refractivity contribution in [2.45, 2.75) is 110 Å². The molecule has 0 unspecified atom stereocenters. The highest BCUT2D eigenvalue weighted by atomic mass is 28.3. The van der Waals surface area contributed by atoms with Gasteiger partial charge in [0.25, 0.3) is 0 Å². The number of nitrogens with zero attached hydrogens (tertiary/aromatic N) is 1. The Hall–Kier alpha value is 0.314. The summed E-state index contributed by atoms with van der Waals surface area (Å²) >= 11 is 0. The lowest BCUT2D eigenvalue weighted by Gasteiger charge is -2.47. The summed E-state index contributed by atoms with van der Waals surface area (Å²) in [7, 11) is -2.66. The minimum Gasteiger partial charge on any atom is -0.397 e. The first-order valence-corrected chi connectivity index (χ1v) is 15.5. The first kappa shape index (κ1) is 23.4. The van der Waals surface area contributed by atoms with Crippen molar-refractivity contribution in [3.63, 3.8) is 0 Å². The maximum atomic E-state index is 5.85. The van der Waals surface area contributed by atoms with Crippen LogP contribution in [0.3, 0.4) is 0 Å². The predicted octanol–water partition coefficient (Wildman–Crippen LogP) is 5.70. The molecule has 0 amide bonds. The SMILES string of the molecule is CCO[SiH](CCCCN(C1CCCCC1)[Si](CC)(CC)CC)OCC. The van der Waals surface area contributed by atoms with Crippen LogP contribution in [0.2, 0.25) is 24.2 Å². The molecule has 0 saturated heterocycles. The van der Waals surface area contributed by atoms with E-state index >= 15 is 0 Å². The largest absolute Gasteiger partial charge is 0.397 e. The van der Waals surface area contributed by atoms with Gasteiger partial charge in [-0.05, 0) is 63.8 Å². The Bertz CT molecular complexity index is 307. The summed E-state index contributed by atoms with van der Waals surface area (Å²) in [5, 5.41) is 0. The minimum atomic E-state index is -1.40. The van der Waals surface area contributed by atoms with Gasteiger partial charge in [0.05, 0.1) is 0 Å². The Kier molecular flexibility index (Phi) is 12.6. The van der Waals surface area contributed by atoms with Gasteiger partial charge in [-0.15, -0.1) is 0 Å². The van der Waals surface area contributed by atoms with Gasteiger partial charge in [0.1, 0.15) is 8.24 Å². The third-order valence-corrected chi connectivity index (χ3v) is 14.4. The Labute approximate surface area is 160 Å². The minimum absolute atomic E-state index is 0.808. The highest BCUT2D eigenvalue weighted by Gasteiger charge is 2.38. The van der Waals surface area contributed by atoms with Gasteiger partial charge < -0.3 is 13.4 Å². The van der Waals surface area contributed by atoms with Crippen molar-refractivity contribution in [3.05, 3.63) is 0 Å². The molecule has 3 nitrogen and oxygen atoms in total. The molecule has 1 aliphatic rings. The molecule has 0 radical (unpaired) electrons. The molecule has 150 valence electrons. The number of hydrogen-bond donors (Lipinski definition) is 0. The fourth-order valence-corrected chi connectivity index (χ4v) is 10.9. The smallest absolute Gasteiger partial charge is 0.321 e. The Balaban J connectivity index is 2.61. The Morgan fingerprint density at radius 3 is 1.88 bits per heavy atom. The predicted molar refractivity (Wildman–Crippen MR) is 115 cm³/mol. The lowest BCUT2D eigenvalue weighted by Crippen LogP contribution is -2.57. The fourth-order valence-electron chi connectivity index (χ4n) is 4.74. The molecule has 0 bridgehead atoms. The topological polar surface area (TPSA) is 21.7 Å². The molecular weight excluding hydrogens is 342 g/mol. The standard InChI is InChI=1S/C20H45NO2Si2/c1-6-22-24(23-7-2)19-15-14-18-21(20-16-12-11-13-17-20)25(8-3,9-4)10-5/h20,24H,6-19H2,1-5H3. The summed E-state index contributed by atoms with van der Waals surface area (Å²) in [6.07, 6.45) is 9.86. The molecule has 0 aromatic rings. The van der Waals surface area contributed by atoms with Gasteiger partial charge in [-0.25, -0.2) is 0 Å². The van der Waals surface area contributed by atoms with Gasteiger partial charge in [-0.1, -0.05) is 46.5 Å². The lowest BCUT2D eigenvalue weighted by molar-refractivity contribution is 0.210. The molecule has 1 rings (SSSR count). The maximum Gasteiger partial charge on any atom is 0.321 e. The number of rotatable bonds is 14. The zero-order valence-corrected chi connectivity index (χ0v) is 20.0. The van der Waals surface area contributed by atoms with Crippen LogP contribution in [-0.2, 0) is 8.85 Å². The van der Waals surface area contributed by atoms with E-state index in [1.807, 2.05) is 0 Å². The molecule has 0 aromatic carbocycles. The average Bonchev–Trinajstić information content (AvgIpc) is 2.66. The maximum absolute atomic E-state index is 5.85. The molecular formula is C20H45NO2Si2. The molecule has 0 heterocycles. The van der Waals surface area contributed by atoms with Gasteiger partial charge in [0, 0.05) is 19.3 Å². The van der Waals surface area contributed by atoms with E-state index in [9.17, 15) is 0 Å². The molecule has 0 N–H and O–H groups in total. The summed E-state index contributed by atoms with van der Waals surface area (Å²) < 4.78 is 14.8. The normalized spacial score (nSPS) is 16.9. The summed E-state index contributed by atoms with van der Waals surface area (Å²) in [5.74, 6) is 0. The van der Waals surface area contributed by atoms with Crippen LogP contribution in [0.15, 0.2) is 0 Å². The second-order valence-electron chi connectivity index (χ2n) is 7.61. The van der Waals surface area contributed by atoms with E-state index in [1.54, 1.807) is 0 Å². The molecule has 0 spiro atoms. The number of unbranched alkanes of at least 4 members (excludes halogenated alkanes) is 1. The third kappa shape index (κ3) is 7.45. The van der Waals surface area contributed by atoms with Crippen LogP contribution in [0.5, 0.6) is 0 Å². The van der Waals surface area contributed by atoms with Gasteiger partial charge in [-0.3, -0.25) is 0 Å². The van der Waals surface area contributed by atoms with Crippen molar-refractivity contribution in [2.75, 3.05) is 19.8 Å². The zero-order chi connectivity index (χ0) is 18.5. The van der Waals surface area contributed by atoms with E-state index in [1.165, 1.54) is 75.7 Å². The van der Waals surface area contributed by atoms with Crippen LogP contribution in [-0.4, -0.2) is 47.9 Å².